The summed E-state index contributed by atoms with van der Waals surface area (Å²) in [5.74, 6) is 0.654. The number of aromatic nitrogens is 3. The van der Waals surface area contributed by atoms with Gasteiger partial charge in [0.25, 0.3) is 0 Å². The van der Waals surface area contributed by atoms with E-state index in [4.69, 9.17) is 4.74 Å². The summed E-state index contributed by atoms with van der Waals surface area (Å²) >= 11 is 1.12. The molecule has 1 amide bonds. The van der Waals surface area contributed by atoms with Crippen LogP contribution < -0.4 is 15.7 Å². The molecule has 0 aliphatic heterocycles. The number of nitrogens with zero attached hydrogens (tertiary/aromatic N) is 3. The molecule has 1 N–H and O–H groups in total. The summed E-state index contributed by atoms with van der Waals surface area (Å²) in [5.41, 5.74) is 1.77. The fourth-order valence-corrected chi connectivity index (χ4v) is 2.92. The van der Waals surface area contributed by atoms with Crippen LogP contribution in [0, 0.1) is 6.92 Å². The van der Waals surface area contributed by atoms with Gasteiger partial charge in [-0.1, -0.05) is 11.8 Å². The molecule has 7 nitrogen and oxygen atoms in total. The number of carbonyl (C=O) groups excluding carboxylic acids is 1. The minimum Gasteiger partial charge on any atom is -0.494 e. The van der Waals surface area contributed by atoms with Crippen LogP contribution in [-0.4, -0.2) is 32.6 Å². The average molecular weight is 370 g/mol. The lowest BCUT2D eigenvalue weighted by atomic mass is 10.3. The molecule has 0 fully saturated rings. The second-order valence-electron chi connectivity index (χ2n) is 5.52. The number of hydrogen-bond donors (Lipinski definition) is 1. The Bertz CT molecular complexity index is 986. The van der Waals surface area contributed by atoms with Gasteiger partial charge >= 0.3 is 5.69 Å². The van der Waals surface area contributed by atoms with E-state index in [1.165, 1.54) is 4.40 Å². The summed E-state index contributed by atoms with van der Waals surface area (Å²) in [6, 6.07) is 10.7. The first kappa shape index (κ1) is 17.9. The molecule has 8 heteroatoms. The number of anilines is 1. The maximum Gasteiger partial charge on any atom is 0.355 e. The zero-order valence-corrected chi connectivity index (χ0v) is 15.2. The molecule has 0 radical (unpaired) electrons. The molecule has 0 atom stereocenters. The van der Waals surface area contributed by atoms with E-state index in [1.807, 2.05) is 19.9 Å². The van der Waals surface area contributed by atoms with Crippen LogP contribution in [0.3, 0.4) is 0 Å². The number of aryl methyl sites for hydroxylation is 1. The van der Waals surface area contributed by atoms with Crippen molar-refractivity contribution in [2.24, 2.45) is 0 Å². The van der Waals surface area contributed by atoms with Gasteiger partial charge < -0.3 is 10.1 Å². The molecule has 3 aromatic rings. The van der Waals surface area contributed by atoms with Gasteiger partial charge in [-0.15, -0.1) is 0 Å². The Morgan fingerprint density at radius 3 is 2.73 bits per heavy atom. The SMILES string of the molecule is CCOc1ccc(NC(=O)CSc2nc(=O)n3ccc(C)cc3n2)cc1. The van der Waals surface area contributed by atoms with Crippen LogP contribution in [0.4, 0.5) is 5.69 Å². The summed E-state index contributed by atoms with van der Waals surface area (Å²) in [6.45, 7) is 4.42. The quantitative estimate of drug-likeness (QED) is 0.671. The molecule has 2 aromatic heterocycles. The molecule has 0 aliphatic carbocycles. The maximum atomic E-state index is 12.1. The van der Waals surface area contributed by atoms with Crippen LogP contribution in [0.2, 0.25) is 0 Å². The minimum absolute atomic E-state index is 0.106. The van der Waals surface area contributed by atoms with Crippen LogP contribution >= 0.6 is 11.8 Å². The molecule has 2 heterocycles. The number of ether oxygens (including phenoxy) is 1. The van der Waals surface area contributed by atoms with Crippen molar-refractivity contribution in [1.82, 2.24) is 14.4 Å². The zero-order chi connectivity index (χ0) is 18.5. The van der Waals surface area contributed by atoms with E-state index in [0.29, 0.717) is 17.9 Å². The van der Waals surface area contributed by atoms with Gasteiger partial charge in [0.15, 0.2) is 5.16 Å². The van der Waals surface area contributed by atoms with Gasteiger partial charge in [0, 0.05) is 11.9 Å². The predicted octanol–water partition coefficient (Wildman–Crippen LogP) is 2.53. The van der Waals surface area contributed by atoms with Crippen molar-refractivity contribution in [3.05, 3.63) is 58.6 Å². The number of nitrogens with one attached hydrogen (secondary N) is 1. The number of carbonyl (C=O) groups is 1. The van der Waals surface area contributed by atoms with Gasteiger partial charge in [-0.3, -0.25) is 9.20 Å². The van der Waals surface area contributed by atoms with Crippen LogP contribution in [0.5, 0.6) is 5.75 Å². The number of hydrogen-bond acceptors (Lipinski definition) is 6. The van der Waals surface area contributed by atoms with Crippen molar-refractivity contribution in [2.75, 3.05) is 17.7 Å². The van der Waals surface area contributed by atoms with E-state index in [-0.39, 0.29) is 16.8 Å². The molecule has 3 rings (SSSR count). The van der Waals surface area contributed by atoms with E-state index >= 15 is 0 Å². The fraction of sp³-hybridized carbons (Fsp3) is 0.222. The molecule has 26 heavy (non-hydrogen) atoms. The van der Waals surface area contributed by atoms with Gasteiger partial charge in [0.2, 0.25) is 5.91 Å². The second-order valence-corrected chi connectivity index (χ2v) is 6.46. The van der Waals surface area contributed by atoms with Crippen LogP contribution in [0.15, 0.2) is 52.5 Å². The van der Waals surface area contributed by atoms with Crippen LogP contribution in [0.1, 0.15) is 12.5 Å². The normalized spacial score (nSPS) is 10.7. The van der Waals surface area contributed by atoms with Gasteiger partial charge in [0.1, 0.15) is 11.4 Å². The zero-order valence-electron chi connectivity index (χ0n) is 14.4. The standard InChI is InChI=1S/C18H18N4O3S/c1-3-25-14-6-4-13(5-7-14)19-16(23)11-26-17-20-15-10-12(2)8-9-22(15)18(24)21-17/h4-10H,3,11H2,1-2H3,(H,19,23). The van der Waals surface area contributed by atoms with Crippen molar-refractivity contribution in [1.29, 1.82) is 0 Å². The van der Waals surface area contributed by atoms with E-state index in [2.05, 4.69) is 15.3 Å². The predicted molar refractivity (Wildman–Crippen MR) is 101 cm³/mol. The highest BCUT2D eigenvalue weighted by molar-refractivity contribution is 7.99. The lowest BCUT2D eigenvalue weighted by Crippen LogP contribution is -2.20. The molecule has 0 bridgehead atoms. The molecular formula is C18H18N4O3S. The summed E-state index contributed by atoms with van der Waals surface area (Å²) in [5, 5.41) is 3.07. The molecule has 0 saturated heterocycles. The Morgan fingerprint density at radius 2 is 2.00 bits per heavy atom. The van der Waals surface area contributed by atoms with Gasteiger partial charge in [-0.25, -0.2) is 9.78 Å². The minimum atomic E-state index is -0.413. The number of benzene rings is 1. The molecule has 0 aliphatic rings. The highest BCUT2D eigenvalue weighted by Crippen LogP contribution is 2.17. The first-order valence-electron chi connectivity index (χ1n) is 8.08. The van der Waals surface area contributed by atoms with E-state index in [1.54, 1.807) is 36.5 Å². The highest BCUT2D eigenvalue weighted by atomic mass is 32.2. The Hall–Kier alpha value is -2.87. The largest absolute Gasteiger partial charge is 0.494 e. The summed E-state index contributed by atoms with van der Waals surface area (Å²) in [6.07, 6.45) is 1.64. The fourth-order valence-electron chi connectivity index (χ4n) is 2.29. The first-order chi connectivity index (χ1) is 12.5. The molecule has 0 unspecified atom stereocenters. The highest BCUT2D eigenvalue weighted by Gasteiger charge is 2.09. The number of pyridine rings is 1. The number of rotatable bonds is 6. The van der Waals surface area contributed by atoms with E-state index in [0.717, 1.165) is 23.1 Å². The molecule has 0 spiro atoms. The van der Waals surface area contributed by atoms with Crippen LogP contribution in [-0.2, 0) is 4.79 Å². The molecule has 1 aromatic carbocycles. The summed E-state index contributed by atoms with van der Waals surface area (Å²) in [7, 11) is 0. The lowest BCUT2D eigenvalue weighted by Gasteiger charge is -2.07. The van der Waals surface area contributed by atoms with Crippen molar-refractivity contribution in [3.8, 4) is 5.75 Å². The van der Waals surface area contributed by atoms with Crippen molar-refractivity contribution in [2.45, 2.75) is 19.0 Å². The number of thioether (sulfide) groups is 1. The lowest BCUT2D eigenvalue weighted by molar-refractivity contribution is -0.113. The van der Waals surface area contributed by atoms with Gasteiger partial charge in [0.05, 0.1) is 12.4 Å². The Kier molecular flexibility index (Phi) is 5.52. The third-order valence-electron chi connectivity index (χ3n) is 3.48. The number of amides is 1. The maximum absolute atomic E-state index is 12.1. The van der Waals surface area contributed by atoms with Crippen molar-refractivity contribution >= 4 is 29.0 Å². The monoisotopic (exact) mass is 370 g/mol. The third kappa shape index (κ3) is 4.40. The molecule has 0 saturated carbocycles. The van der Waals surface area contributed by atoms with Gasteiger partial charge in [-0.05, 0) is 55.8 Å². The second kappa shape index (κ2) is 8.01. The van der Waals surface area contributed by atoms with Gasteiger partial charge in [-0.2, -0.15) is 4.98 Å². The van der Waals surface area contributed by atoms with Crippen molar-refractivity contribution in [3.63, 3.8) is 0 Å². The topological polar surface area (TPSA) is 85.6 Å². The smallest absolute Gasteiger partial charge is 0.355 e. The van der Waals surface area contributed by atoms with E-state index < -0.39 is 5.69 Å². The summed E-state index contributed by atoms with van der Waals surface area (Å²) < 4.78 is 6.73. The summed E-state index contributed by atoms with van der Waals surface area (Å²) in [4.78, 5) is 32.3. The first-order valence-corrected chi connectivity index (χ1v) is 9.06. The molecular weight excluding hydrogens is 352 g/mol. The Morgan fingerprint density at radius 1 is 1.23 bits per heavy atom. The molecule has 134 valence electrons. The van der Waals surface area contributed by atoms with Crippen LogP contribution in [0.25, 0.3) is 5.65 Å². The van der Waals surface area contributed by atoms with E-state index in [9.17, 15) is 9.59 Å². The average Bonchev–Trinajstić information content (AvgIpc) is 2.61. The third-order valence-corrected chi connectivity index (χ3v) is 4.33. The number of fused-ring (bicyclic) bond motifs is 1. The van der Waals surface area contributed by atoms with Crippen molar-refractivity contribution < 1.29 is 9.53 Å². The Labute approximate surface area is 154 Å². The Balaban J connectivity index is 1.64.